The second kappa shape index (κ2) is 6.94. The normalized spacial score (nSPS) is 18.4. The number of morpholine rings is 1. The van der Waals surface area contributed by atoms with Gasteiger partial charge < -0.3 is 15.4 Å². The molecule has 0 radical (unpaired) electrons. The fourth-order valence-electron chi connectivity index (χ4n) is 2.40. The van der Waals surface area contributed by atoms with Crippen LogP contribution in [0.15, 0.2) is 48.5 Å². The third-order valence-corrected chi connectivity index (χ3v) is 3.87. The molecule has 0 unspecified atom stereocenters. The molecule has 2 N–H and O–H groups in total. The zero-order chi connectivity index (χ0) is 14.5. The van der Waals surface area contributed by atoms with E-state index in [1.807, 2.05) is 24.3 Å². The molecule has 110 valence electrons. The van der Waals surface area contributed by atoms with Crippen LogP contribution in [0.3, 0.4) is 0 Å². The summed E-state index contributed by atoms with van der Waals surface area (Å²) < 4.78 is 5.75. The maximum Gasteiger partial charge on any atom is 0.0949 e. The number of anilines is 1. The molecule has 4 heteroatoms. The summed E-state index contributed by atoms with van der Waals surface area (Å²) in [6.07, 6.45) is 0.170. The van der Waals surface area contributed by atoms with Crippen LogP contribution in [0.25, 0.3) is 0 Å². The Hall–Kier alpha value is -1.55. The molecule has 0 saturated carbocycles. The molecule has 1 aliphatic rings. The van der Waals surface area contributed by atoms with Gasteiger partial charge in [-0.05, 0) is 35.4 Å². The van der Waals surface area contributed by atoms with Gasteiger partial charge in [-0.25, -0.2) is 0 Å². The zero-order valence-corrected chi connectivity index (χ0v) is 12.6. The molecule has 0 spiro atoms. The second-order valence-electron chi connectivity index (χ2n) is 5.17. The summed E-state index contributed by atoms with van der Waals surface area (Å²) in [6, 6.07) is 16.3. The van der Waals surface area contributed by atoms with Gasteiger partial charge in [-0.15, -0.1) is 0 Å². The largest absolute Gasteiger partial charge is 0.381 e. The Balaban J connectivity index is 1.57. The third-order valence-electron chi connectivity index (χ3n) is 3.62. The molecule has 2 aromatic carbocycles. The summed E-state index contributed by atoms with van der Waals surface area (Å²) in [7, 11) is 0. The van der Waals surface area contributed by atoms with E-state index >= 15 is 0 Å². The molecule has 1 fully saturated rings. The minimum absolute atomic E-state index is 0.170. The van der Waals surface area contributed by atoms with Gasteiger partial charge in [0, 0.05) is 30.3 Å². The standard InChI is InChI=1S/C17H19ClN2O/c18-15-5-1-13(2-6-15)11-20-16-7-3-14(4-8-16)17-12-19-9-10-21-17/h1-8,17,19-20H,9-12H2/t17-/m1/s1. The molecule has 1 aliphatic heterocycles. The average Bonchev–Trinajstić information content (AvgIpc) is 2.56. The van der Waals surface area contributed by atoms with E-state index in [2.05, 4.69) is 34.9 Å². The SMILES string of the molecule is Clc1ccc(CNc2ccc([C@H]3CNCCO3)cc2)cc1. The van der Waals surface area contributed by atoms with Crippen molar-refractivity contribution in [3.05, 3.63) is 64.7 Å². The summed E-state index contributed by atoms with van der Waals surface area (Å²) in [6.45, 7) is 3.40. The third kappa shape index (κ3) is 3.97. The molecule has 1 atom stereocenters. The molecule has 1 saturated heterocycles. The summed E-state index contributed by atoms with van der Waals surface area (Å²) in [5.41, 5.74) is 3.54. The number of nitrogens with one attached hydrogen (secondary N) is 2. The summed E-state index contributed by atoms with van der Waals surface area (Å²) in [5.74, 6) is 0. The highest BCUT2D eigenvalue weighted by Gasteiger charge is 2.14. The van der Waals surface area contributed by atoms with Gasteiger partial charge in [0.15, 0.2) is 0 Å². The Bertz CT molecular complexity index is 562. The quantitative estimate of drug-likeness (QED) is 0.905. The van der Waals surface area contributed by atoms with Gasteiger partial charge in [-0.3, -0.25) is 0 Å². The lowest BCUT2D eigenvalue weighted by molar-refractivity contribution is 0.0277. The fourth-order valence-corrected chi connectivity index (χ4v) is 2.53. The number of benzene rings is 2. The predicted octanol–water partition coefficient (Wildman–Crippen LogP) is 3.61. The number of ether oxygens (including phenoxy) is 1. The molecular formula is C17H19ClN2O. The van der Waals surface area contributed by atoms with Gasteiger partial charge >= 0.3 is 0 Å². The molecule has 3 rings (SSSR count). The van der Waals surface area contributed by atoms with Crippen molar-refractivity contribution in [1.29, 1.82) is 0 Å². The smallest absolute Gasteiger partial charge is 0.0949 e. The Morgan fingerprint density at radius 3 is 2.52 bits per heavy atom. The van der Waals surface area contributed by atoms with Crippen molar-refractivity contribution < 1.29 is 4.74 Å². The highest BCUT2D eigenvalue weighted by molar-refractivity contribution is 6.30. The van der Waals surface area contributed by atoms with Crippen molar-refractivity contribution in [1.82, 2.24) is 5.32 Å². The van der Waals surface area contributed by atoms with Crippen LogP contribution in [0.4, 0.5) is 5.69 Å². The zero-order valence-electron chi connectivity index (χ0n) is 11.8. The monoisotopic (exact) mass is 302 g/mol. The van der Waals surface area contributed by atoms with Gasteiger partial charge in [0.05, 0.1) is 12.7 Å². The van der Waals surface area contributed by atoms with Crippen LogP contribution < -0.4 is 10.6 Å². The molecule has 2 aromatic rings. The Morgan fingerprint density at radius 1 is 1.10 bits per heavy atom. The van der Waals surface area contributed by atoms with Crippen molar-refractivity contribution in [3.8, 4) is 0 Å². The van der Waals surface area contributed by atoms with Crippen molar-refractivity contribution in [2.45, 2.75) is 12.6 Å². The van der Waals surface area contributed by atoms with Crippen LogP contribution in [0.5, 0.6) is 0 Å². The van der Waals surface area contributed by atoms with Crippen molar-refractivity contribution in [3.63, 3.8) is 0 Å². The lowest BCUT2D eigenvalue weighted by atomic mass is 10.1. The minimum atomic E-state index is 0.170. The Labute approximate surface area is 130 Å². The fraction of sp³-hybridized carbons (Fsp3) is 0.294. The van der Waals surface area contributed by atoms with Crippen LogP contribution in [-0.2, 0) is 11.3 Å². The average molecular weight is 303 g/mol. The van der Waals surface area contributed by atoms with Crippen LogP contribution in [0, 0.1) is 0 Å². The van der Waals surface area contributed by atoms with Gasteiger partial charge in [-0.1, -0.05) is 35.9 Å². The van der Waals surface area contributed by atoms with Gasteiger partial charge in [0.1, 0.15) is 0 Å². The van der Waals surface area contributed by atoms with Gasteiger partial charge in [0.25, 0.3) is 0 Å². The topological polar surface area (TPSA) is 33.3 Å². The molecule has 0 aromatic heterocycles. The van der Waals surface area contributed by atoms with E-state index < -0.39 is 0 Å². The summed E-state index contributed by atoms with van der Waals surface area (Å²) in [4.78, 5) is 0. The van der Waals surface area contributed by atoms with Gasteiger partial charge in [-0.2, -0.15) is 0 Å². The van der Waals surface area contributed by atoms with Crippen molar-refractivity contribution in [2.75, 3.05) is 25.0 Å². The number of rotatable bonds is 4. The highest BCUT2D eigenvalue weighted by atomic mass is 35.5. The first-order chi connectivity index (χ1) is 10.3. The second-order valence-corrected chi connectivity index (χ2v) is 5.60. The first kappa shape index (κ1) is 14.4. The molecule has 1 heterocycles. The van der Waals surface area contributed by atoms with Gasteiger partial charge in [0.2, 0.25) is 0 Å². The number of hydrogen-bond acceptors (Lipinski definition) is 3. The van der Waals surface area contributed by atoms with Crippen LogP contribution in [0.2, 0.25) is 5.02 Å². The van der Waals surface area contributed by atoms with E-state index in [9.17, 15) is 0 Å². The highest BCUT2D eigenvalue weighted by Crippen LogP contribution is 2.21. The summed E-state index contributed by atoms with van der Waals surface area (Å²) in [5, 5.41) is 7.53. The van der Waals surface area contributed by atoms with E-state index in [1.165, 1.54) is 11.1 Å². The molecule has 3 nitrogen and oxygen atoms in total. The van der Waals surface area contributed by atoms with Crippen LogP contribution in [0.1, 0.15) is 17.2 Å². The molecular weight excluding hydrogens is 284 g/mol. The van der Waals surface area contributed by atoms with Crippen LogP contribution in [-0.4, -0.2) is 19.7 Å². The van der Waals surface area contributed by atoms with E-state index in [-0.39, 0.29) is 6.10 Å². The minimum Gasteiger partial charge on any atom is -0.381 e. The first-order valence-corrected chi connectivity index (χ1v) is 7.60. The molecule has 21 heavy (non-hydrogen) atoms. The lowest BCUT2D eigenvalue weighted by Gasteiger charge is -2.24. The van der Waals surface area contributed by atoms with Crippen molar-refractivity contribution in [2.24, 2.45) is 0 Å². The van der Waals surface area contributed by atoms with E-state index in [0.29, 0.717) is 0 Å². The van der Waals surface area contributed by atoms with E-state index in [1.54, 1.807) is 0 Å². The molecule has 0 bridgehead atoms. The lowest BCUT2D eigenvalue weighted by Crippen LogP contribution is -2.33. The maximum atomic E-state index is 5.88. The van der Waals surface area contributed by atoms with Crippen molar-refractivity contribution >= 4 is 17.3 Å². The molecule has 0 amide bonds. The number of hydrogen-bond donors (Lipinski definition) is 2. The number of halogens is 1. The Morgan fingerprint density at radius 2 is 1.86 bits per heavy atom. The molecule has 0 aliphatic carbocycles. The Kier molecular flexibility index (Phi) is 4.76. The van der Waals surface area contributed by atoms with E-state index in [0.717, 1.165) is 37.0 Å². The first-order valence-electron chi connectivity index (χ1n) is 7.22. The maximum absolute atomic E-state index is 5.88. The van der Waals surface area contributed by atoms with E-state index in [4.69, 9.17) is 16.3 Å². The summed E-state index contributed by atoms with van der Waals surface area (Å²) >= 11 is 5.88. The van der Waals surface area contributed by atoms with Crippen LogP contribution >= 0.6 is 11.6 Å². The predicted molar refractivity (Wildman–Crippen MR) is 86.8 cm³/mol.